The van der Waals surface area contributed by atoms with Gasteiger partial charge in [-0.1, -0.05) is 18.2 Å². The van der Waals surface area contributed by atoms with Crippen LogP contribution >= 0.6 is 0 Å². The molecule has 1 aliphatic heterocycles. The lowest BCUT2D eigenvalue weighted by Gasteiger charge is -2.33. The predicted molar refractivity (Wildman–Crippen MR) is 88.9 cm³/mol. The van der Waals surface area contributed by atoms with Crippen LogP contribution in [0.25, 0.3) is 0 Å². The number of aromatic nitrogens is 3. The van der Waals surface area contributed by atoms with Crippen LogP contribution in [0.3, 0.4) is 0 Å². The standard InChI is InChI=1S/C17H23N5O/c23-17(9-5-11-22-14-18-13-19-22)21-10-4-8-16(12-21)20-15-6-2-1-3-7-15/h1-3,6-7,13-14,16,20H,4-5,8-12H2. The molecule has 6 nitrogen and oxygen atoms in total. The molecule has 1 fully saturated rings. The molecule has 1 unspecified atom stereocenters. The number of likely N-dealkylation sites (tertiary alicyclic amines) is 1. The van der Waals surface area contributed by atoms with Crippen molar-refractivity contribution >= 4 is 11.6 Å². The number of nitrogens with zero attached hydrogens (tertiary/aromatic N) is 4. The Labute approximate surface area is 136 Å². The van der Waals surface area contributed by atoms with Gasteiger partial charge in [0, 0.05) is 37.8 Å². The highest BCUT2D eigenvalue weighted by molar-refractivity contribution is 5.76. The van der Waals surface area contributed by atoms with E-state index in [1.165, 1.54) is 6.33 Å². The molecule has 1 N–H and O–H groups in total. The van der Waals surface area contributed by atoms with Crippen molar-refractivity contribution in [3.8, 4) is 0 Å². The zero-order valence-electron chi connectivity index (χ0n) is 13.3. The fourth-order valence-electron chi connectivity index (χ4n) is 2.99. The van der Waals surface area contributed by atoms with Crippen LogP contribution in [-0.2, 0) is 11.3 Å². The average Bonchev–Trinajstić information content (AvgIpc) is 3.09. The Morgan fingerprint density at radius 1 is 1.30 bits per heavy atom. The molecule has 6 heteroatoms. The zero-order valence-corrected chi connectivity index (χ0v) is 13.3. The van der Waals surface area contributed by atoms with Crippen LogP contribution in [0.15, 0.2) is 43.0 Å². The Morgan fingerprint density at radius 3 is 2.96 bits per heavy atom. The van der Waals surface area contributed by atoms with E-state index in [1.54, 1.807) is 11.0 Å². The Morgan fingerprint density at radius 2 is 2.17 bits per heavy atom. The summed E-state index contributed by atoms with van der Waals surface area (Å²) in [5, 5.41) is 7.58. The molecule has 1 aromatic carbocycles. The number of nitrogens with one attached hydrogen (secondary N) is 1. The van der Waals surface area contributed by atoms with E-state index in [0.717, 1.165) is 44.6 Å². The minimum absolute atomic E-state index is 0.240. The lowest BCUT2D eigenvalue weighted by molar-refractivity contribution is -0.132. The molecular weight excluding hydrogens is 290 g/mol. The largest absolute Gasteiger partial charge is 0.381 e. The van der Waals surface area contributed by atoms with Crippen molar-refractivity contribution in [3.05, 3.63) is 43.0 Å². The highest BCUT2D eigenvalue weighted by Gasteiger charge is 2.23. The number of para-hydroxylation sites is 1. The van der Waals surface area contributed by atoms with Gasteiger partial charge in [-0.3, -0.25) is 9.48 Å². The summed E-state index contributed by atoms with van der Waals surface area (Å²) in [6.07, 6.45) is 6.74. The molecule has 2 aromatic rings. The number of hydrogen-bond acceptors (Lipinski definition) is 4. The molecule has 1 amide bonds. The number of rotatable bonds is 6. The van der Waals surface area contributed by atoms with Gasteiger partial charge in [0.1, 0.15) is 12.7 Å². The number of carbonyl (C=O) groups excluding carboxylic acids is 1. The minimum atomic E-state index is 0.240. The number of carbonyl (C=O) groups is 1. The van der Waals surface area contributed by atoms with Crippen LogP contribution in [0.4, 0.5) is 5.69 Å². The molecule has 3 rings (SSSR count). The molecule has 0 spiro atoms. The second-order valence-electron chi connectivity index (χ2n) is 5.95. The van der Waals surface area contributed by atoms with Crippen LogP contribution < -0.4 is 5.32 Å². The van der Waals surface area contributed by atoms with Crippen molar-refractivity contribution in [1.29, 1.82) is 0 Å². The Balaban J connectivity index is 1.44. The van der Waals surface area contributed by atoms with E-state index in [0.29, 0.717) is 12.5 Å². The Kier molecular flexibility index (Phi) is 5.24. The molecule has 1 saturated heterocycles. The van der Waals surface area contributed by atoms with Crippen molar-refractivity contribution in [2.75, 3.05) is 18.4 Å². The summed E-state index contributed by atoms with van der Waals surface area (Å²) in [6, 6.07) is 10.5. The summed E-state index contributed by atoms with van der Waals surface area (Å²) < 4.78 is 1.77. The van der Waals surface area contributed by atoms with E-state index in [2.05, 4.69) is 27.5 Å². The van der Waals surface area contributed by atoms with E-state index in [9.17, 15) is 4.79 Å². The summed E-state index contributed by atoms with van der Waals surface area (Å²) in [5.74, 6) is 0.240. The van der Waals surface area contributed by atoms with Gasteiger partial charge < -0.3 is 10.2 Å². The first kappa shape index (κ1) is 15.5. The summed E-state index contributed by atoms with van der Waals surface area (Å²) in [7, 11) is 0. The van der Waals surface area contributed by atoms with E-state index in [1.807, 2.05) is 23.1 Å². The first-order chi connectivity index (χ1) is 11.3. The molecule has 1 aliphatic rings. The van der Waals surface area contributed by atoms with Crippen LogP contribution in [0.5, 0.6) is 0 Å². The van der Waals surface area contributed by atoms with Crippen molar-refractivity contribution < 1.29 is 4.79 Å². The molecule has 0 radical (unpaired) electrons. The Bertz CT molecular complexity index is 599. The molecule has 23 heavy (non-hydrogen) atoms. The maximum absolute atomic E-state index is 12.4. The SMILES string of the molecule is O=C(CCCn1cncn1)N1CCCC(Nc2ccccc2)C1. The second kappa shape index (κ2) is 7.76. The van der Waals surface area contributed by atoms with Crippen LogP contribution in [0, 0.1) is 0 Å². The van der Waals surface area contributed by atoms with Gasteiger partial charge in [-0.25, -0.2) is 4.98 Å². The summed E-state index contributed by atoms with van der Waals surface area (Å²) in [5.41, 5.74) is 1.12. The van der Waals surface area contributed by atoms with Crippen molar-refractivity contribution in [2.24, 2.45) is 0 Å². The lowest BCUT2D eigenvalue weighted by atomic mass is 10.0. The molecule has 122 valence electrons. The van der Waals surface area contributed by atoms with Gasteiger partial charge in [-0.15, -0.1) is 0 Å². The molecule has 1 aromatic heterocycles. The molecule has 0 aliphatic carbocycles. The van der Waals surface area contributed by atoms with Gasteiger partial charge in [0.05, 0.1) is 0 Å². The van der Waals surface area contributed by atoms with E-state index < -0.39 is 0 Å². The summed E-state index contributed by atoms with van der Waals surface area (Å²) >= 11 is 0. The number of piperidine rings is 1. The predicted octanol–water partition coefficient (Wildman–Crippen LogP) is 2.16. The van der Waals surface area contributed by atoms with Crippen molar-refractivity contribution in [2.45, 2.75) is 38.3 Å². The number of amides is 1. The number of hydrogen-bond donors (Lipinski definition) is 1. The lowest BCUT2D eigenvalue weighted by Crippen LogP contribution is -2.45. The van der Waals surface area contributed by atoms with E-state index >= 15 is 0 Å². The fraction of sp³-hybridized carbons (Fsp3) is 0.471. The van der Waals surface area contributed by atoms with E-state index in [-0.39, 0.29) is 5.91 Å². The molecule has 2 heterocycles. The van der Waals surface area contributed by atoms with Crippen molar-refractivity contribution in [1.82, 2.24) is 19.7 Å². The van der Waals surface area contributed by atoms with Crippen LogP contribution in [-0.4, -0.2) is 44.7 Å². The second-order valence-corrected chi connectivity index (χ2v) is 5.95. The minimum Gasteiger partial charge on any atom is -0.381 e. The molecule has 0 saturated carbocycles. The summed E-state index contributed by atoms with van der Waals surface area (Å²) in [6.45, 7) is 2.40. The fourth-order valence-corrected chi connectivity index (χ4v) is 2.99. The van der Waals surface area contributed by atoms with Crippen LogP contribution in [0.1, 0.15) is 25.7 Å². The third-order valence-electron chi connectivity index (χ3n) is 4.16. The van der Waals surface area contributed by atoms with Crippen LogP contribution in [0.2, 0.25) is 0 Å². The normalized spacial score (nSPS) is 17.9. The number of benzene rings is 1. The van der Waals surface area contributed by atoms with Gasteiger partial charge in [-0.05, 0) is 31.4 Å². The molecular formula is C17H23N5O. The van der Waals surface area contributed by atoms with Crippen molar-refractivity contribution in [3.63, 3.8) is 0 Å². The van der Waals surface area contributed by atoms with E-state index in [4.69, 9.17) is 0 Å². The van der Waals surface area contributed by atoms with Gasteiger partial charge >= 0.3 is 0 Å². The van der Waals surface area contributed by atoms with Gasteiger partial charge in [0.2, 0.25) is 5.91 Å². The number of aryl methyl sites for hydroxylation is 1. The maximum atomic E-state index is 12.4. The highest BCUT2D eigenvalue weighted by atomic mass is 16.2. The van der Waals surface area contributed by atoms with Gasteiger partial charge in [0.15, 0.2) is 0 Å². The first-order valence-electron chi connectivity index (χ1n) is 8.23. The first-order valence-corrected chi connectivity index (χ1v) is 8.23. The zero-order chi connectivity index (χ0) is 15.9. The molecule has 0 bridgehead atoms. The third-order valence-corrected chi connectivity index (χ3v) is 4.16. The Hall–Kier alpha value is -2.37. The number of anilines is 1. The monoisotopic (exact) mass is 313 g/mol. The quantitative estimate of drug-likeness (QED) is 0.888. The highest BCUT2D eigenvalue weighted by Crippen LogP contribution is 2.17. The smallest absolute Gasteiger partial charge is 0.222 e. The topological polar surface area (TPSA) is 63.1 Å². The third kappa shape index (κ3) is 4.55. The average molecular weight is 313 g/mol. The summed E-state index contributed by atoms with van der Waals surface area (Å²) in [4.78, 5) is 18.3. The van der Waals surface area contributed by atoms with Gasteiger partial charge in [-0.2, -0.15) is 5.10 Å². The van der Waals surface area contributed by atoms with Gasteiger partial charge in [0.25, 0.3) is 0 Å². The maximum Gasteiger partial charge on any atom is 0.222 e. The molecule has 1 atom stereocenters.